The van der Waals surface area contributed by atoms with Gasteiger partial charge in [-0.2, -0.15) is 0 Å². The number of nitrogens with zero attached hydrogens (tertiary/aromatic N) is 2. The highest BCUT2D eigenvalue weighted by Crippen LogP contribution is 2.32. The van der Waals surface area contributed by atoms with Gasteiger partial charge in [-0.25, -0.2) is 0 Å². The molecule has 1 aliphatic heterocycles. The third kappa shape index (κ3) is 7.51. The second-order valence-electron chi connectivity index (χ2n) is 10.9. The molecule has 1 aliphatic carbocycles. The summed E-state index contributed by atoms with van der Waals surface area (Å²) in [5.74, 6) is 0.0898. The number of carbonyl (C=O) groups excluding carboxylic acids is 2. The molecule has 35 heavy (non-hydrogen) atoms. The summed E-state index contributed by atoms with van der Waals surface area (Å²) >= 11 is 0. The van der Waals surface area contributed by atoms with Crippen molar-refractivity contribution < 1.29 is 19.8 Å². The van der Waals surface area contributed by atoms with Crippen LogP contribution >= 0.6 is 0 Å². The van der Waals surface area contributed by atoms with E-state index in [2.05, 4.69) is 5.32 Å². The molecule has 1 heterocycles. The Hall–Kier alpha value is -1.96. The lowest BCUT2D eigenvalue weighted by Gasteiger charge is -2.42. The van der Waals surface area contributed by atoms with Crippen molar-refractivity contribution in [3.8, 4) is 0 Å². The number of rotatable bonds is 12. The maximum atomic E-state index is 13.7. The van der Waals surface area contributed by atoms with Crippen molar-refractivity contribution in [2.75, 3.05) is 32.8 Å². The zero-order valence-electron chi connectivity index (χ0n) is 21.6. The molecule has 3 N–H and O–H groups in total. The smallest absolute Gasteiger partial charge is 0.240 e. The molecule has 3 rings (SSSR count). The number of likely N-dealkylation sites (tertiary alicyclic amines) is 1. The molecule has 1 aromatic rings. The van der Waals surface area contributed by atoms with Crippen molar-refractivity contribution in [1.82, 2.24) is 15.1 Å². The van der Waals surface area contributed by atoms with Crippen molar-refractivity contribution >= 4 is 11.8 Å². The molecule has 1 saturated carbocycles. The quantitative estimate of drug-likeness (QED) is 0.394. The minimum Gasteiger partial charge on any atom is -0.396 e. The first-order chi connectivity index (χ1) is 16.9. The summed E-state index contributed by atoms with van der Waals surface area (Å²) in [6.07, 6.45) is 8.38. The molecule has 2 aliphatic rings. The summed E-state index contributed by atoms with van der Waals surface area (Å²) in [6, 6.07) is 9.90. The first-order valence-corrected chi connectivity index (χ1v) is 13.5. The first-order valence-electron chi connectivity index (χ1n) is 13.5. The molecule has 0 bridgehead atoms. The molecule has 1 aromatic carbocycles. The molecular formula is C28H45N3O4. The Morgan fingerprint density at radius 1 is 1.06 bits per heavy atom. The summed E-state index contributed by atoms with van der Waals surface area (Å²) in [5.41, 5.74) is 0.291. The summed E-state index contributed by atoms with van der Waals surface area (Å²) in [5, 5.41) is 22.4. The molecule has 1 saturated heterocycles. The summed E-state index contributed by atoms with van der Waals surface area (Å²) in [7, 11) is 0. The summed E-state index contributed by atoms with van der Waals surface area (Å²) in [6.45, 7) is 5.47. The molecule has 2 atom stereocenters. The summed E-state index contributed by atoms with van der Waals surface area (Å²) in [4.78, 5) is 31.2. The van der Waals surface area contributed by atoms with Crippen LogP contribution in [-0.4, -0.2) is 82.8 Å². The van der Waals surface area contributed by atoms with Crippen molar-refractivity contribution in [3.63, 3.8) is 0 Å². The number of hydrogen-bond donors (Lipinski definition) is 3. The Labute approximate surface area is 210 Å². The molecular weight excluding hydrogens is 442 g/mol. The fourth-order valence-corrected chi connectivity index (χ4v) is 5.41. The minimum absolute atomic E-state index is 0.00728. The number of carbonyl (C=O) groups is 2. The maximum Gasteiger partial charge on any atom is 0.240 e. The lowest BCUT2D eigenvalue weighted by atomic mass is 9.87. The average molecular weight is 488 g/mol. The molecule has 7 nitrogen and oxygen atoms in total. The zero-order chi connectivity index (χ0) is 25.3. The van der Waals surface area contributed by atoms with Gasteiger partial charge in [-0.15, -0.1) is 0 Å². The molecule has 7 heteroatoms. The van der Waals surface area contributed by atoms with Crippen LogP contribution in [0.5, 0.6) is 0 Å². The second kappa shape index (κ2) is 13.4. The Morgan fingerprint density at radius 2 is 1.77 bits per heavy atom. The van der Waals surface area contributed by atoms with Crippen LogP contribution in [-0.2, 0) is 16.0 Å². The largest absolute Gasteiger partial charge is 0.396 e. The Bertz CT molecular complexity index is 795. The van der Waals surface area contributed by atoms with Crippen LogP contribution in [0.4, 0.5) is 0 Å². The molecule has 2 amide bonds. The lowest BCUT2D eigenvalue weighted by molar-refractivity contribution is -0.149. The SMILES string of the molecule is CC(C)(CO)C(=O)N(C1CCCCC1)C1CCN(C(=O)C(Cc2ccccc2)NCCCCO)C1. The normalized spacial score (nSPS) is 20.1. The van der Waals surface area contributed by atoms with Gasteiger partial charge in [-0.05, 0) is 64.5 Å². The fourth-order valence-electron chi connectivity index (χ4n) is 5.41. The Morgan fingerprint density at radius 3 is 2.43 bits per heavy atom. The van der Waals surface area contributed by atoms with Gasteiger partial charge >= 0.3 is 0 Å². The molecule has 0 aromatic heterocycles. The number of unbranched alkanes of at least 4 members (excludes halogenated alkanes) is 1. The van der Waals surface area contributed by atoms with Crippen LogP contribution in [0, 0.1) is 5.41 Å². The van der Waals surface area contributed by atoms with Gasteiger partial charge in [0, 0.05) is 25.7 Å². The van der Waals surface area contributed by atoms with Crippen molar-refractivity contribution in [2.24, 2.45) is 5.41 Å². The number of aliphatic hydroxyl groups is 2. The maximum absolute atomic E-state index is 13.7. The van der Waals surface area contributed by atoms with Gasteiger partial charge in [0.1, 0.15) is 0 Å². The Kier molecular flexibility index (Phi) is 10.6. The highest BCUT2D eigenvalue weighted by molar-refractivity contribution is 5.84. The number of amides is 2. The highest BCUT2D eigenvalue weighted by atomic mass is 16.3. The topological polar surface area (TPSA) is 93.1 Å². The standard InChI is InChI=1S/C28H45N3O4/c1-28(2,21-33)27(35)31(23-13-7-4-8-14-23)24-15-17-30(20-24)26(34)25(29-16-9-10-18-32)19-22-11-5-3-6-12-22/h3,5-6,11-12,23-25,29,32-33H,4,7-10,13-21H2,1-2H3. The van der Waals surface area contributed by atoms with Crippen LogP contribution in [0.25, 0.3) is 0 Å². The second-order valence-corrected chi connectivity index (χ2v) is 10.9. The molecule has 2 unspecified atom stereocenters. The third-order valence-corrected chi connectivity index (χ3v) is 7.60. The fraction of sp³-hybridized carbons (Fsp3) is 0.714. The van der Waals surface area contributed by atoms with Crippen molar-refractivity contribution in [1.29, 1.82) is 0 Å². The number of hydrogen-bond acceptors (Lipinski definition) is 5. The minimum atomic E-state index is -0.820. The average Bonchev–Trinajstić information content (AvgIpc) is 3.36. The number of nitrogens with one attached hydrogen (secondary N) is 1. The van der Waals surface area contributed by atoms with E-state index in [-0.39, 0.29) is 43.2 Å². The molecule has 0 spiro atoms. The van der Waals surface area contributed by atoms with Crippen LogP contribution < -0.4 is 5.32 Å². The highest BCUT2D eigenvalue weighted by Gasteiger charge is 2.42. The predicted molar refractivity (Wildman–Crippen MR) is 138 cm³/mol. The zero-order valence-corrected chi connectivity index (χ0v) is 21.6. The van der Waals surface area contributed by atoms with Gasteiger partial charge in [0.2, 0.25) is 11.8 Å². The van der Waals surface area contributed by atoms with E-state index in [1.165, 1.54) is 6.42 Å². The van der Waals surface area contributed by atoms with Crippen molar-refractivity contribution in [2.45, 2.75) is 89.8 Å². The van der Waals surface area contributed by atoms with Crippen LogP contribution in [0.1, 0.15) is 70.8 Å². The van der Waals surface area contributed by atoms with Gasteiger partial charge < -0.3 is 25.3 Å². The molecule has 196 valence electrons. The predicted octanol–water partition coefficient (Wildman–Crippen LogP) is 2.74. The van der Waals surface area contributed by atoms with E-state index in [4.69, 9.17) is 5.11 Å². The van der Waals surface area contributed by atoms with Crippen LogP contribution in [0.15, 0.2) is 30.3 Å². The van der Waals surface area contributed by atoms with Gasteiger partial charge in [-0.1, -0.05) is 49.6 Å². The lowest BCUT2D eigenvalue weighted by Crippen LogP contribution is -2.55. The van der Waals surface area contributed by atoms with Crippen molar-refractivity contribution in [3.05, 3.63) is 35.9 Å². The van der Waals surface area contributed by atoms with Crippen LogP contribution in [0.3, 0.4) is 0 Å². The van der Waals surface area contributed by atoms with E-state index in [1.54, 1.807) is 0 Å². The van der Waals surface area contributed by atoms with E-state index in [9.17, 15) is 14.7 Å². The molecule has 0 radical (unpaired) electrons. The number of benzene rings is 1. The number of aliphatic hydroxyl groups excluding tert-OH is 2. The third-order valence-electron chi connectivity index (χ3n) is 7.60. The van der Waals surface area contributed by atoms with E-state index >= 15 is 0 Å². The molecule has 2 fully saturated rings. The van der Waals surface area contributed by atoms with E-state index < -0.39 is 5.41 Å². The van der Waals surface area contributed by atoms with E-state index in [0.29, 0.717) is 32.5 Å². The van der Waals surface area contributed by atoms with E-state index in [1.807, 2.05) is 54.0 Å². The first kappa shape index (κ1) is 27.6. The van der Waals surface area contributed by atoms with Crippen LogP contribution in [0.2, 0.25) is 0 Å². The van der Waals surface area contributed by atoms with Gasteiger partial charge in [-0.3, -0.25) is 9.59 Å². The monoisotopic (exact) mass is 487 g/mol. The Balaban J connectivity index is 1.72. The van der Waals surface area contributed by atoms with Gasteiger partial charge in [0.25, 0.3) is 0 Å². The summed E-state index contributed by atoms with van der Waals surface area (Å²) < 4.78 is 0. The van der Waals surface area contributed by atoms with Gasteiger partial charge in [0.05, 0.1) is 24.1 Å². The van der Waals surface area contributed by atoms with E-state index in [0.717, 1.165) is 44.1 Å². The van der Waals surface area contributed by atoms with Gasteiger partial charge in [0.15, 0.2) is 0 Å².